The Balaban J connectivity index is 2.86. The second-order valence-corrected chi connectivity index (χ2v) is 4.45. The summed E-state index contributed by atoms with van der Waals surface area (Å²) in [6, 6.07) is 0.860. The molecule has 5 nitrogen and oxygen atoms in total. The zero-order chi connectivity index (χ0) is 15.2. The maximum Gasteiger partial charge on any atom is 0.433 e. The summed E-state index contributed by atoms with van der Waals surface area (Å²) in [5.41, 5.74) is -0.995. The molecule has 0 amide bonds. The van der Waals surface area contributed by atoms with Crippen LogP contribution in [-0.2, 0) is 6.18 Å². The molecule has 1 atom stereocenters. The number of aliphatic hydroxyl groups is 1. The maximum atomic E-state index is 12.7. The van der Waals surface area contributed by atoms with E-state index in [-0.39, 0.29) is 11.8 Å². The molecule has 0 aliphatic carbocycles. The Hall–Kier alpha value is -1.57. The standard InChI is InChI=1S/C12H19F3N4O/c1-3-5-17-11-18-9(12(13,14)15)7-10(19-11)16-6-4-8(2)20/h7-8,20H,3-6H2,1-2H3,(H2,16,17,18,19). The van der Waals surface area contributed by atoms with E-state index < -0.39 is 18.0 Å². The van der Waals surface area contributed by atoms with Crippen LogP contribution in [0.3, 0.4) is 0 Å². The quantitative estimate of drug-likeness (QED) is 0.720. The molecule has 1 rings (SSSR count). The van der Waals surface area contributed by atoms with Crippen molar-refractivity contribution in [3.05, 3.63) is 11.8 Å². The average molecular weight is 292 g/mol. The number of hydrogen-bond acceptors (Lipinski definition) is 5. The molecule has 0 radical (unpaired) electrons. The fourth-order valence-corrected chi connectivity index (χ4v) is 1.41. The number of anilines is 2. The monoisotopic (exact) mass is 292 g/mol. The van der Waals surface area contributed by atoms with Crippen molar-refractivity contribution in [2.24, 2.45) is 0 Å². The van der Waals surface area contributed by atoms with Crippen LogP contribution in [0.5, 0.6) is 0 Å². The minimum absolute atomic E-state index is 0.0544. The van der Waals surface area contributed by atoms with E-state index in [1.807, 2.05) is 6.92 Å². The van der Waals surface area contributed by atoms with Crippen LogP contribution in [0.1, 0.15) is 32.4 Å². The lowest BCUT2D eigenvalue weighted by atomic mass is 10.3. The summed E-state index contributed by atoms with van der Waals surface area (Å²) in [6.45, 7) is 4.33. The van der Waals surface area contributed by atoms with Crippen molar-refractivity contribution < 1.29 is 18.3 Å². The average Bonchev–Trinajstić information content (AvgIpc) is 2.34. The highest BCUT2D eigenvalue weighted by Crippen LogP contribution is 2.29. The van der Waals surface area contributed by atoms with Crippen molar-refractivity contribution in [3.8, 4) is 0 Å². The summed E-state index contributed by atoms with van der Waals surface area (Å²) in [6.07, 6.45) is -3.87. The smallest absolute Gasteiger partial charge is 0.393 e. The zero-order valence-corrected chi connectivity index (χ0v) is 11.5. The van der Waals surface area contributed by atoms with Gasteiger partial charge in [0.1, 0.15) is 5.82 Å². The molecule has 114 valence electrons. The molecule has 0 saturated heterocycles. The lowest BCUT2D eigenvalue weighted by molar-refractivity contribution is -0.141. The van der Waals surface area contributed by atoms with Gasteiger partial charge in [-0.3, -0.25) is 0 Å². The predicted octanol–water partition coefficient (Wildman–Crippen LogP) is 2.50. The Bertz CT molecular complexity index is 424. The van der Waals surface area contributed by atoms with E-state index in [9.17, 15) is 13.2 Å². The topological polar surface area (TPSA) is 70.1 Å². The van der Waals surface area contributed by atoms with Gasteiger partial charge in [0.25, 0.3) is 0 Å². The Kier molecular flexibility index (Phi) is 6.00. The van der Waals surface area contributed by atoms with Gasteiger partial charge in [0.15, 0.2) is 5.69 Å². The van der Waals surface area contributed by atoms with Gasteiger partial charge >= 0.3 is 6.18 Å². The highest BCUT2D eigenvalue weighted by atomic mass is 19.4. The fourth-order valence-electron chi connectivity index (χ4n) is 1.41. The van der Waals surface area contributed by atoms with Gasteiger partial charge in [0.2, 0.25) is 5.95 Å². The molecule has 0 saturated carbocycles. The largest absolute Gasteiger partial charge is 0.433 e. The number of nitrogens with one attached hydrogen (secondary N) is 2. The Labute approximate surface area is 115 Å². The van der Waals surface area contributed by atoms with E-state index in [0.29, 0.717) is 19.5 Å². The third-order valence-corrected chi connectivity index (χ3v) is 2.42. The van der Waals surface area contributed by atoms with Gasteiger partial charge in [0, 0.05) is 19.2 Å². The molecule has 20 heavy (non-hydrogen) atoms. The molecule has 0 aliphatic rings. The first-order valence-electron chi connectivity index (χ1n) is 6.45. The molecule has 3 N–H and O–H groups in total. The molecule has 0 aromatic carbocycles. The normalized spacial score (nSPS) is 13.1. The molecule has 0 fully saturated rings. The fraction of sp³-hybridized carbons (Fsp3) is 0.667. The molecule has 1 unspecified atom stereocenters. The van der Waals surface area contributed by atoms with Gasteiger partial charge in [-0.2, -0.15) is 18.2 Å². The summed E-state index contributed by atoms with van der Waals surface area (Å²) < 4.78 is 38.2. The predicted molar refractivity (Wildman–Crippen MR) is 70.6 cm³/mol. The van der Waals surface area contributed by atoms with Gasteiger partial charge in [-0.05, 0) is 19.8 Å². The lowest BCUT2D eigenvalue weighted by Crippen LogP contribution is -2.16. The molecule has 0 bridgehead atoms. The number of hydrogen-bond donors (Lipinski definition) is 3. The molecule has 1 heterocycles. The highest BCUT2D eigenvalue weighted by molar-refractivity contribution is 5.43. The van der Waals surface area contributed by atoms with Crippen molar-refractivity contribution in [1.82, 2.24) is 9.97 Å². The van der Waals surface area contributed by atoms with E-state index in [0.717, 1.165) is 12.5 Å². The van der Waals surface area contributed by atoms with Crippen LogP contribution in [0, 0.1) is 0 Å². The number of nitrogens with zero attached hydrogens (tertiary/aromatic N) is 2. The van der Waals surface area contributed by atoms with Crippen LogP contribution in [0.15, 0.2) is 6.07 Å². The Morgan fingerprint density at radius 1 is 1.25 bits per heavy atom. The van der Waals surface area contributed by atoms with Crippen molar-refractivity contribution in [2.45, 2.75) is 39.0 Å². The van der Waals surface area contributed by atoms with Crippen LogP contribution < -0.4 is 10.6 Å². The van der Waals surface area contributed by atoms with Crippen LogP contribution in [-0.4, -0.2) is 34.3 Å². The summed E-state index contributed by atoms with van der Waals surface area (Å²) >= 11 is 0. The molecule has 0 aliphatic heterocycles. The number of rotatable bonds is 7. The third kappa shape index (κ3) is 5.60. The van der Waals surface area contributed by atoms with Gasteiger partial charge < -0.3 is 15.7 Å². The Morgan fingerprint density at radius 2 is 1.95 bits per heavy atom. The molecule has 1 aromatic rings. The van der Waals surface area contributed by atoms with Crippen LogP contribution in [0.25, 0.3) is 0 Å². The number of halogens is 3. The zero-order valence-electron chi connectivity index (χ0n) is 11.5. The molecule has 8 heteroatoms. The minimum Gasteiger partial charge on any atom is -0.393 e. The van der Waals surface area contributed by atoms with E-state index in [1.165, 1.54) is 0 Å². The minimum atomic E-state index is -4.52. The second kappa shape index (κ2) is 7.28. The third-order valence-electron chi connectivity index (χ3n) is 2.42. The SMILES string of the molecule is CCCNc1nc(NCCC(C)O)cc(C(F)(F)F)n1. The van der Waals surface area contributed by atoms with E-state index >= 15 is 0 Å². The van der Waals surface area contributed by atoms with Crippen LogP contribution >= 0.6 is 0 Å². The molecule has 1 aromatic heterocycles. The highest BCUT2D eigenvalue weighted by Gasteiger charge is 2.33. The van der Waals surface area contributed by atoms with Crippen LogP contribution in [0.2, 0.25) is 0 Å². The van der Waals surface area contributed by atoms with E-state index in [2.05, 4.69) is 20.6 Å². The maximum absolute atomic E-state index is 12.7. The number of alkyl halides is 3. The first-order chi connectivity index (χ1) is 9.32. The van der Waals surface area contributed by atoms with Crippen LogP contribution in [0.4, 0.5) is 24.9 Å². The summed E-state index contributed by atoms with van der Waals surface area (Å²) in [4.78, 5) is 7.42. The lowest BCUT2D eigenvalue weighted by Gasteiger charge is -2.13. The van der Waals surface area contributed by atoms with Gasteiger partial charge in [-0.15, -0.1) is 0 Å². The van der Waals surface area contributed by atoms with Gasteiger partial charge in [-0.25, -0.2) is 4.98 Å². The van der Waals surface area contributed by atoms with Crippen molar-refractivity contribution in [2.75, 3.05) is 23.7 Å². The van der Waals surface area contributed by atoms with Gasteiger partial charge in [0.05, 0.1) is 6.10 Å². The summed E-state index contributed by atoms with van der Waals surface area (Å²) in [5, 5.41) is 14.6. The molecular weight excluding hydrogens is 273 g/mol. The van der Waals surface area contributed by atoms with E-state index in [1.54, 1.807) is 6.92 Å². The van der Waals surface area contributed by atoms with Crippen molar-refractivity contribution in [3.63, 3.8) is 0 Å². The Morgan fingerprint density at radius 3 is 2.50 bits per heavy atom. The molecule has 0 spiro atoms. The first kappa shape index (κ1) is 16.5. The molecular formula is C12H19F3N4O. The number of aromatic nitrogens is 2. The summed E-state index contributed by atoms with van der Waals surface area (Å²) in [5.74, 6) is 0.0350. The van der Waals surface area contributed by atoms with Crippen molar-refractivity contribution >= 4 is 11.8 Å². The summed E-state index contributed by atoms with van der Waals surface area (Å²) in [7, 11) is 0. The van der Waals surface area contributed by atoms with E-state index in [4.69, 9.17) is 5.11 Å². The number of aliphatic hydroxyl groups excluding tert-OH is 1. The first-order valence-corrected chi connectivity index (χ1v) is 6.45. The second-order valence-electron chi connectivity index (χ2n) is 4.45. The van der Waals surface area contributed by atoms with Crippen molar-refractivity contribution in [1.29, 1.82) is 0 Å². The van der Waals surface area contributed by atoms with Gasteiger partial charge in [-0.1, -0.05) is 6.92 Å².